The lowest BCUT2D eigenvalue weighted by Crippen LogP contribution is -1.83. The molecule has 1 N–H and O–H groups in total. The molecule has 1 aliphatic carbocycles. The highest BCUT2D eigenvalue weighted by Gasteiger charge is 2.19. The summed E-state index contributed by atoms with van der Waals surface area (Å²) in [7, 11) is 0. The number of nitrogens with one attached hydrogen (secondary N) is 1. The van der Waals surface area contributed by atoms with E-state index in [1.807, 2.05) is 6.20 Å². The molecule has 0 atom stereocenters. The van der Waals surface area contributed by atoms with E-state index in [1.54, 1.807) is 6.33 Å². The van der Waals surface area contributed by atoms with E-state index in [2.05, 4.69) is 62.3 Å². The van der Waals surface area contributed by atoms with Crippen molar-refractivity contribution in [3.05, 3.63) is 64.5 Å². The van der Waals surface area contributed by atoms with Crippen LogP contribution in [-0.2, 0) is 6.42 Å². The van der Waals surface area contributed by atoms with E-state index in [0.717, 1.165) is 16.6 Å². The number of aromatic nitrogens is 2. The number of aromatic amines is 1. The first-order chi connectivity index (χ1) is 9.31. The zero-order valence-electron chi connectivity index (χ0n) is 10.2. The van der Waals surface area contributed by atoms with Crippen LogP contribution in [0.1, 0.15) is 11.1 Å². The van der Waals surface area contributed by atoms with Gasteiger partial charge in [0.1, 0.15) is 0 Å². The molecule has 0 aliphatic heterocycles. The Morgan fingerprint density at radius 1 is 1.00 bits per heavy atom. The van der Waals surface area contributed by atoms with Crippen molar-refractivity contribution in [2.45, 2.75) is 6.42 Å². The summed E-state index contributed by atoms with van der Waals surface area (Å²) in [6, 6.07) is 13.1. The van der Waals surface area contributed by atoms with Gasteiger partial charge in [-0.05, 0) is 52.4 Å². The molecule has 0 radical (unpaired) electrons. The van der Waals surface area contributed by atoms with Gasteiger partial charge in [0, 0.05) is 4.47 Å². The van der Waals surface area contributed by atoms with Gasteiger partial charge in [0.2, 0.25) is 0 Å². The third-order valence-corrected chi connectivity index (χ3v) is 4.15. The molecular weight excluding hydrogens is 300 g/mol. The van der Waals surface area contributed by atoms with Crippen molar-refractivity contribution in [3.8, 4) is 22.4 Å². The Morgan fingerprint density at radius 3 is 2.58 bits per heavy atom. The van der Waals surface area contributed by atoms with Gasteiger partial charge in [-0.25, -0.2) is 4.98 Å². The highest BCUT2D eigenvalue weighted by atomic mass is 79.9. The zero-order valence-corrected chi connectivity index (χ0v) is 11.7. The first-order valence-corrected chi connectivity index (χ1v) is 7.01. The molecule has 1 heterocycles. The summed E-state index contributed by atoms with van der Waals surface area (Å²) < 4.78 is 1.15. The van der Waals surface area contributed by atoms with E-state index in [0.29, 0.717) is 0 Å². The van der Waals surface area contributed by atoms with Crippen LogP contribution in [0.2, 0.25) is 0 Å². The summed E-state index contributed by atoms with van der Waals surface area (Å²) in [5.41, 5.74) is 7.76. The minimum atomic E-state index is 1.01. The Kier molecular flexibility index (Phi) is 2.35. The summed E-state index contributed by atoms with van der Waals surface area (Å²) in [5, 5.41) is 0. The van der Waals surface area contributed by atoms with Gasteiger partial charge in [-0.1, -0.05) is 34.1 Å². The molecule has 3 aromatic rings. The third-order valence-electron chi connectivity index (χ3n) is 3.65. The molecule has 0 amide bonds. The fraction of sp³-hybridized carbons (Fsp3) is 0.0625. The first kappa shape index (κ1) is 11.0. The molecule has 4 rings (SSSR count). The van der Waals surface area contributed by atoms with Crippen LogP contribution in [0.25, 0.3) is 22.4 Å². The van der Waals surface area contributed by atoms with Gasteiger partial charge >= 0.3 is 0 Å². The van der Waals surface area contributed by atoms with E-state index in [-0.39, 0.29) is 0 Å². The Balaban J connectivity index is 1.85. The van der Waals surface area contributed by atoms with Crippen molar-refractivity contribution in [2.75, 3.05) is 0 Å². The van der Waals surface area contributed by atoms with E-state index < -0.39 is 0 Å². The molecule has 0 unspecified atom stereocenters. The monoisotopic (exact) mass is 310 g/mol. The van der Waals surface area contributed by atoms with Gasteiger partial charge in [0.25, 0.3) is 0 Å². The van der Waals surface area contributed by atoms with E-state index in [9.17, 15) is 0 Å². The molecule has 0 saturated carbocycles. The lowest BCUT2D eigenvalue weighted by Gasteiger charge is -2.03. The van der Waals surface area contributed by atoms with Gasteiger partial charge in [-0.2, -0.15) is 0 Å². The molecule has 0 fully saturated rings. The second-order valence-corrected chi connectivity index (χ2v) is 5.73. The van der Waals surface area contributed by atoms with E-state index in [4.69, 9.17) is 0 Å². The highest BCUT2D eigenvalue weighted by Crippen LogP contribution is 2.39. The first-order valence-electron chi connectivity index (χ1n) is 6.22. The maximum Gasteiger partial charge on any atom is 0.0924 e. The van der Waals surface area contributed by atoms with Crippen molar-refractivity contribution >= 4 is 15.9 Å². The molecule has 19 heavy (non-hydrogen) atoms. The minimum absolute atomic E-state index is 1.01. The van der Waals surface area contributed by atoms with Crippen molar-refractivity contribution < 1.29 is 0 Å². The quantitative estimate of drug-likeness (QED) is 0.554. The van der Waals surface area contributed by atoms with Gasteiger partial charge in [-0.15, -0.1) is 0 Å². The molecule has 0 spiro atoms. The van der Waals surface area contributed by atoms with Crippen molar-refractivity contribution in [1.82, 2.24) is 9.97 Å². The summed E-state index contributed by atoms with van der Waals surface area (Å²) in [4.78, 5) is 7.24. The van der Waals surface area contributed by atoms with Gasteiger partial charge < -0.3 is 4.98 Å². The van der Waals surface area contributed by atoms with Crippen molar-refractivity contribution in [2.24, 2.45) is 0 Å². The second-order valence-electron chi connectivity index (χ2n) is 4.82. The third kappa shape index (κ3) is 1.73. The number of hydrogen-bond donors (Lipinski definition) is 1. The number of benzene rings is 2. The smallest absolute Gasteiger partial charge is 0.0924 e. The van der Waals surface area contributed by atoms with Crippen LogP contribution in [0.5, 0.6) is 0 Å². The van der Waals surface area contributed by atoms with Crippen LogP contribution in [-0.4, -0.2) is 9.97 Å². The van der Waals surface area contributed by atoms with Gasteiger partial charge in [0.05, 0.1) is 18.2 Å². The fourth-order valence-electron chi connectivity index (χ4n) is 2.76. The lowest BCUT2D eigenvalue weighted by atomic mass is 10.0. The maximum atomic E-state index is 4.08. The number of halogens is 1. The topological polar surface area (TPSA) is 28.7 Å². The normalized spacial score (nSPS) is 12.3. The Morgan fingerprint density at radius 2 is 1.79 bits per heavy atom. The molecule has 3 heteroatoms. The Bertz CT molecular complexity index is 760. The number of fused-ring (bicyclic) bond motifs is 3. The molecule has 0 bridgehead atoms. The Hall–Kier alpha value is -1.87. The van der Waals surface area contributed by atoms with E-state index >= 15 is 0 Å². The predicted molar refractivity (Wildman–Crippen MR) is 80.0 cm³/mol. The average Bonchev–Trinajstić information content (AvgIpc) is 3.04. The number of imidazole rings is 1. The second kappa shape index (κ2) is 4.07. The standard InChI is InChI=1S/C16H11BrN2/c17-13-2-4-15-12(7-13)6-11-5-10(1-3-14(11)15)16-8-18-9-19-16/h1-5,7-9H,6H2,(H,18,19). The lowest BCUT2D eigenvalue weighted by molar-refractivity contribution is 1.25. The van der Waals surface area contributed by atoms with E-state index in [1.165, 1.54) is 27.8 Å². The van der Waals surface area contributed by atoms with Gasteiger partial charge in [-0.3, -0.25) is 0 Å². The number of nitrogens with zero attached hydrogens (tertiary/aromatic N) is 1. The molecule has 2 nitrogen and oxygen atoms in total. The number of H-pyrrole nitrogens is 1. The van der Waals surface area contributed by atoms with Crippen LogP contribution in [0.4, 0.5) is 0 Å². The molecule has 92 valence electrons. The predicted octanol–water partition coefficient (Wildman–Crippen LogP) is 4.41. The summed E-state index contributed by atoms with van der Waals surface area (Å²) in [6.45, 7) is 0. The fourth-order valence-corrected chi connectivity index (χ4v) is 3.17. The Labute approximate surface area is 119 Å². The number of hydrogen-bond acceptors (Lipinski definition) is 1. The molecule has 1 aliphatic rings. The molecule has 1 aromatic heterocycles. The van der Waals surface area contributed by atoms with Crippen LogP contribution < -0.4 is 0 Å². The molecule has 0 saturated heterocycles. The largest absolute Gasteiger partial charge is 0.345 e. The van der Waals surface area contributed by atoms with Gasteiger partial charge in [0.15, 0.2) is 0 Å². The summed E-state index contributed by atoms with van der Waals surface area (Å²) in [5.74, 6) is 0. The highest BCUT2D eigenvalue weighted by molar-refractivity contribution is 9.10. The van der Waals surface area contributed by atoms with Crippen molar-refractivity contribution in [1.29, 1.82) is 0 Å². The molecular formula is C16H11BrN2. The zero-order chi connectivity index (χ0) is 12.8. The van der Waals surface area contributed by atoms with Crippen LogP contribution in [0, 0.1) is 0 Å². The van der Waals surface area contributed by atoms with Crippen LogP contribution in [0.15, 0.2) is 53.4 Å². The summed E-state index contributed by atoms with van der Waals surface area (Å²) in [6.07, 6.45) is 4.58. The van der Waals surface area contributed by atoms with Crippen molar-refractivity contribution in [3.63, 3.8) is 0 Å². The SMILES string of the molecule is Brc1ccc2c(c1)Cc1cc(-c3cnc[nH]3)ccc1-2. The average molecular weight is 311 g/mol. The number of rotatable bonds is 1. The summed E-state index contributed by atoms with van der Waals surface area (Å²) >= 11 is 3.54. The van der Waals surface area contributed by atoms with Crippen LogP contribution in [0.3, 0.4) is 0 Å². The van der Waals surface area contributed by atoms with Crippen LogP contribution >= 0.6 is 15.9 Å². The minimum Gasteiger partial charge on any atom is -0.345 e. The maximum absolute atomic E-state index is 4.08. The molecule has 2 aromatic carbocycles.